The maximum atomic E-state index is 11.2. The van der Waals surface area contributed by atoms with E-state index < -0.39 is 0 Å². The molecule has 0 aromatic heterocycles. The van der Waals surface area contributed by atoms with E-state index in [0.717, 1.165) is 32.0 Å². The quantitative estimate of drug-likeness (QED) is 0.372. The molecule has 2 aliphatic heterocycles. The summed E-state index contributed by atoms with van der Waals surface area (Å²) in [5, 5.41) is 0. The lowest BCUT2D eigenvalue weighted by Crippen LogP contribution is -2.24. The molecule has 0 saturated carbocycles. The molecule has 0 spiro atoms. The van der Waals surface area contributed by atoms with Crippen LogP contribution in [-0.4, -0.2) is 49.1 Å². The SMILES string of the molecule is COC(=O)/C=C(\N1CCCC1)N1CC1. The Morgan fingerprint density at radius 3 is 2.21 bits per heavy atom. The summed E-state index contributed by atoms with van der Waals surface area (Å²) in [6.07, 6.45) is 4.07. The summed E-state index contributed by atoms with van der Waals surface area (Å²) in [7, 11) is 1.42. The zero-order valence-corrected chi connectivity index (χ0v) is 8.53. The van der Waals surface area contributed by atoms with E-state index in [1.165, 1.54) is 20.0 Å². The minimum atomic E-state index is -0.251. The Labute approximate surface area is 84.1 Å². The number of hydrogen-bond acceptors (Lipinski definition) is 4. The van der Waals surface area contributed by atoms with Gasteiger partial charge in [-0.05, 0) is 12.8 Å². The lowest BCUT2D eigenvalue weighted by Gasteiger charge is -2.22. The Balaban J connectivity index is 2.05. The molecule has 0 aliphatic carbocycles. The van der Waals surface area contributed by atoms with Crippen LogP contribution in [0.3, 0.4) is 0 Å². The largest absolute Gasteiger partial charge is 0.466 e. The van der Waals surface area contributed by atoms with Gasteiger partial charge < -0.3 is 14.5 Å². The first-order valence-electron chi connectivity index (χ1n) is 5.11. The number of likely N-dealkylation sites (tertiary alicyclic amines) is 1. The molecule has 4 nitrogen and oxygen atoms in total. The van der Waals surface area contributed by atoms with Gasteiger partial charge in [-0.2, -0.15) is 0 Å². The van der Waals surface area contributed by atoms with Gasteiger partial charge in [0.05, 0.1) is 13.2 Å². The lowest BCUT2D eigenvalue weighted by atomic mass is 10.4. The molecule has 0 aromatic carbocycles. The Kier molecular flexibility index (Phi) is 2.61. The first-order valence-corrected chi connectivity index (χ1v) is 5.11. The lowest BCUT2D eigenvalue weighted by molar-refractivity contribution is -0.135. The van der Waals surface area contributed by atoms with Gasteiger partial charge in [0.25, 0.3) is 0 Å². The number of methoxy groups -OCH3 is 1. The van der Waals surface area contributed by atoms with Crippen LogP contribution < -0.4 is 0 Å². The third-order valence-electron chi connectivity index (χ3n) is 2.65. The number of hydrogen-bond donors (Lipinski definition) is 0. The van der Waals surface area contributed by atoms with Gasteiger partial charge in [-0.3, -0.25) is 0 Å². The Morgan fingerprint density at radius 1 is 1.14 bits per heavy atom. The molecule has 2 fully saturated rings. The van der Waals surface area contributed by atoms with Crippen molar-refractivity contribution in [3.05, 3.63) is 11.9 Å². The summed E-state index contributed by atoms with van der Waals surface area (Å²) in [5.74, 6) is 0.799. The van der Waals surface area contributed by atoms with Crippen molar-refractivity contribution in [1.29, 1.82) is 0 Å². The molecule has 4 heteroatoms. The summed E-state index contributed by atoms with van der Waals surface area (Å²) in [6, 6.07) is 0. The zero-order chi connectivity index (χ0) is 9.97. The summed E-state index contributed by atoms with van der Waals surface area (Å²) < 4.78 is 4.65. The molecule has 2 heterocycles. The highest BCUT2D eigenvalue weighted by Gasteiger charge is 2.27. The predicted molar refractivity (Wildman–Crippen MR) is 52.5 cm³/mol. The van der Waals surface area contributed by atoms with Crippen molar-refractivity contribution in [2.75, 3.05) is 33.3 Å². The molecule has 0 radical (unpaired) electrons. The summed E-state index contributed by atoms with van der Waals surface area (Å²) in [4.78, 5) is 15.6. The van der Waals surface area contributed by atoms with Crippen LogP contribution in [0.15, 0.2) is 11.9 Å². The fourth-order valence-electron chi connectivity index (χ4n) is 1.77. The molecular formula is C10H16N2O2. The van der Waals surface area contributed by atoms with Crippen LogP contribution in [-0.2, 0) is 9.53 Å². The molecule has 2 rings (SSSR count). The standard InChI is InChI=1S/C10H16N2O2/c1-14-10(13)8-9(12-6-7-12)11-4-2-3-5-11/h8H,2-7H2,1H3/b9-8+. The second-order valence-electron chi connectivity index (χ2n) is 3.71. The number of esters is 1. The number of ether oxygens (including phenoxy) is 1. The van der Waals surface area contributed by atoms with Crippen molar-refractivity contribution in [1.82, 2.24) is 9.80 Å². The fourth-order valence-corrected chi connectivity index (χ4v) is 1.77. The van der Waals surface area contributed by atoms with Crippen LogP contribution in [0.4, 0.5) is 0 Å². The molecular weight excluding hydrogens is 180 g/mol. The molecule has 78 valence electrons. The van der Waals surface area contributed by atoms with E-state index in [-0.39, 0.29) is 5.97 Å². The fraction of sp³-hybridized carbons (Fsp3) is 0.700. The van der Waals surface area contributed by atoms with E-state index in [9.17, 15) is 4.79 Å². The van der Waals surface area contributed by atoms with E-state index in [1.54, 1.807) is 6.08 Å². The Morgan fingerprint density at radius 2 is 1.71 bits per heavy atom. The van der Waals surface area contributed by atoms with E-state index in [2.05, 4.69) is 14.5 Å². The van der Waals surface area contributed by atoms with Crippen molar-refractivity contribution in [3.63, 3.8) is 0 Å². The highest BCUT2D eigenvalue weighted by atomic mass is 16.5. The van der Waals surface area contributed by atoms with Gasteiger partial charge in [-0.15, -0.1) is 0 Å². The van der Waals surface area contributed by atoms with Gasteiger partial charge >= 0.3 is 5.97 Å². The van der Waals surface area contributed by atoms with Crippen LogP contribution in [0, 0.1) is 0 Å². The molecule has 0 amide bonds. The first-order chi connectivity index (χ1) is 6.81. The van der Waals surface area contributed by atoms with E-state index in [4.69, 9.17) is 0 Å². The monoisotopic (exact) mass is 196 g/mol. The predicted octanol–water partition coefficient (Wildman–Crippen LogP) is 0.412. The minimum Gasteiger partial charge on any atom is -0.466 e. The number of rotatable bonds is 3. The van der Waals surface area contributed by atoms with Crippen LogP contribution in [0.2, 0.25) is 0 Å². The van der Waals surface area contributed by atoms with Gasteiger partial charge in [-0.1, -0.05) is 0 Å². The van der Waals surface area contributed by atoms with Crippen molar-refractivity contribution in [2.24, 2.45) is 0 Å². The molecule has 0 bridgehead atoms. The molecule has 0 atom stereocenters. The van der Waals surface area contributed by atoms with Gasteiger partial charge in [0.1, 0.15) is 5.82 Å². The Bertz CT molecular complexity index is 253. The number of carbonyl (C=O) groups is 1. The van der Waals surface area contributed by atoms with Gasteiger partial charge in [0.2, 0.25) is 0 Å². The molecule has 0 unspecified atom stereocenters. The average Bonchev–Trinajstić information content (AvgIpc) is 2.89. The molecule has 0 N–H and O–H groups in total. The summed E-state index contributed by atoms with van der Waals surface area (Å²) in [6.45, 7) is 4.28. The smallest absolute Gasteiger partial charge is 0.334 e. The highest BCUT2D eigenvalue weighted by Crippen LogP contribution is 2.22. The maximum absolute atomic E-state index is 11.2. The van der Waals surface area contributed by atoms with Crippen LogP contribution in [0.25, 0.3) is 0 Å². The second kappa shape index (κ2) is 3.90. The van der Waals surface area contributed by atoms with E-state index in [1.807, 2.05) is 0 Å². The van der Waals surface area contributed by atoms with Gasteiger partial charge in [0, 0.05) is 26.2 Å². The highest BCUT2D eigenvalue weighted by molar-refractivity contribution is 5.82. The van der Waals surface area contributed by atoms with Gasteiger partial charge in [0.15, 0.2) is 0 Å². The second-order valence-corrected chi connectivity index (χ2v) is 3.71. The Hall–Kier alpha value is -1.19. The average molecular weight is 196 g/mol. The molecule has 2 saturated heterocycles. The van der Waals surface area contributed by atoms with E-state index in [0.29, 0.717) is 0 Å². The topological polar surface area (TPSA) is 32.5 Å². The summed E-state index contributed by atoms with van der Waals surface area (Å²) in [5.41, 5.74) is 0. The third-order valence-corrected chi connectivity index (χ3v) is 2.65. The van der Waals surface area contributed by atoms with Crippen LogP contribution >= 0.6 is 0 Å². The first kappa shape index (κ1) is 9.37. The van der Waals surface area contributed by atoms with Crippen molar-refractivity contribution in [3.8, 4) is 0 Å². The minimum absolute atomic E-state index is 0.251. The van der Waals surface area contributed by atoms with Crippen molar-refractivity contribution in [2.45, 2.75) is 12.8 Å². The number of nitrogens with zero attached hydrogens (tertiary/aromatic N) is 2. The molecule has 0 aromatic rings. The van der Waals surface area contributed by atoms with Crippen molar-refractivity contribution >= 4 is 5.97 Å². The third kappa shape index (κ3) is 2.00. The number of carbonyl (C=O) groups excluding carboxylic acids is 1. The molecule has 2 aliphatic rings. The molecule has 14 heavy (non-hydrogen) atoms. The van der Waals surface area contributed by atoms with E-state index >= 15 is 0 Å². The maximum Gasteiger partial charge on any atom is 0.334 e. The zero-order valence-electron chi connectivity index (χ0n) is 8.53. The summed E-state index contributed by atoms with van der Waals surface area (Å²) >= 11 is 0. The van der Waals surface area contributed by atoms with Gasteiger partial charge in [-0.25, -0.2) is 4.79 Å². The van der Waals surface area contributed by atoms with Crippen LogP contribution in [0.1, 0.15) is 12.8 Å². The van der Waals surface area contributed by atoms with Crippen molar-refractivity contribution < 1.29 is 9.53 Å². The normalized spacial score (nSPS) is 21.4. The van der Waals surface area contributed by atoms with Crippen LogP contribution in [0.5, 0.6) is 0 Å².